The number of nitrogens with zero attached hydrogens (tertiary/aromatic N) is 3. The number of hydrogen-bond donors (Lipinski definition) is 1. The van der Waals surface area contributed by atoms with Gasteiger partial charge in [0.1, 0.15) is 5.82 Å². The number of benzene rings is 3. The van der Waals surface area contributed by atoms with Crippen molar-refractivity contribution in [1.82, 2.24) is 9.97 Å². The number of hydrogen-bond acceptors (Lipinski definition) is 4. The molecule has 4 nitrogen and oxygen atoms in total. The third-order valence-corrected chi connectivity index (χ3v) is 6.51. The Bertz CT molecular complexity index is 1150. The van der Waals surface area contributed by atoms with Crippen molar-refractivity contribution in [3.05, 3.63) is 96.1 Å². The van der Waals surface area contributed by atoms with Crippen molar-refractivity contribution >= 4 is 22.7 Å². The number of rotatable bonds is 6. The quantitative estimate of drug-likeness (QED) is 0.398. The molecule has 32 heavy (non-hydrogen) atoms. The van der Waals surface area contributed by atoms with Crippen LogP contribution in [-0.2, 0) is 6.42 Å². The number of anilines is 2. The first-order chi connectivity index (χ1) is 15.8. The molecule has 1 aliphatic heterocycles. The molecular weight excluding hydrogens is 392 g/mol. The van der Waals surface area contributed by atoms with Gasteiger partial charge in [0.05, 0.1) is 5.52 Å². The minimum absolute atomic E-state index is 0.166. The lowest BCUT2D eigenvalue weighted by Crippen LogP contribution is -2.35. The van der Waals surface area contributed by atoms with Crippen LogP contribution in [-0.4, -0.2) is 23.1 Å². The molecule has 0 bridgehead atoms. The van der Waals surface area contributed by atoms with Crippen LogP contribution in [0.3, 0.4) is 0 Å². The number of nitrogens with one attached hydrogen (secondary N) is 1. The largest absolute Gasteiger partial charge is 0.363 e. The molecule has 5 rings (SSSR count). The zero-order chi connectivity index (χ0) is 21.8. The maximum absolute atomic E-state index is 5.00. The molecule has 0 radical (unpaired) electrons. The topological polar surface area (TPSA) is 41.1 Å². The standard InChI is InChI=1S/C28H30N4/c1-21(24-12-6-3-7-13-24)29-27-25-14-8-9-15-26(25)30-28(31-27)32-18-16-23(17-19-32)20-22-10-4-2-5-11-22/h2-15,21,23H,16-20H2,1H3,(H,29,30,31). The predicted octanol–water partition coefficient (Wildman–Crippen LogP) is 6.26. The summed E-state index contributed by atoms with van der Waals surface area (Å²) < 4.78 is 0. The average Bonchev–Trinajstić information content (AvgIpc) is 2.85. The van der Waals surface area contributed by atoms with Gasteiger partial charge in [-0.3, -0.25) is 0 Å². The SMILES string of the molecule is CC(Nc1nc(N2CCC(Cc3ccccc3)CC2)nc2ccccc12)c1ccccc1. The molecule has 4 heteroatoms. The summed E-state index contributed by atoms with van der Waals surface area (Å²) in [5.41, 5.74) is 3.68. The van der Waals surface area contributed by atoms with E-state index in [0.717, 1.165) is 48.1 Å². The highest BCUT2D eigenvalue weighted by molar-refractivity contribution is 5.90. The second-order valence-electron chi connectivity index (χ2n) is 8.79. The van der Waals surface area contributed by atoms with Gasteiger partial charge in [0, 0.05) is 24.5 Å². The normalized spacial score (nSPS) is 15.6. The Labute approximate surface area is 190 Å². The fourth-order valence-corrected chi connectivity index (χ4v) is 4.63. The molecule has 1 atom stereocenters. The molecule has 1 saturated heterocycles. The first-order valence-electron chi connectivity index (χ1n) is 11.6. The first kappa shape index (κ1) is 20.5. The first-order valence-corrected chi connectivity index (χ1v) is 11.6. The van der Waals surface area contributed by atoms with Gasteiger partial charge in [-0.25, -0.2) is 4.98 Å². The van der Waals surface area contributed by atoms with Gasteiger partial charge in [0.15, 0.2) is 0 Å². The van der Waals surface area contributed by atoms with E-state index in [2.05, 4.69) is 102 Å². The van der Waals surface area contributed by atoms with Crippen LogP contribution in [0.1, 0.15) is 36.9 Å². The number of fused-ring (bicyclic) bond motifs is 1. The monoisotopic (exact) mass is 422 g/mol. The summed E-state index contributed by atoms with van der Waals surface area (Å²) in [6, 6.07) is 29.8. The molecule has 162 valence electrons. The van der Waals surface area contributed by atoms with Crippen LogP contribution in [0.5, 0.6) is 0 Å². The van der Waals surface area contributed by atoms with E-state index in [1.54, 1.807) is 0 Å². The second-order valence-corrected chi connectivity index (χ2v) is 8.79. The Balaban J connectivity index is 1.34. The Morgan fingerprint density at radius 3 is 2.25 bits per heavy atom. The molecule has 0 amide bonds. The van der Waals surface area contributed by atoms with Crippen molar-refractivity contribution in [3.8, 4) is 0 Å². The summed E-state index contributed by atoms with van der Waals surface area (Å²) in [5.74, 6) is 2.47. The highest BCUT2D eigenvalue weighted by atomic mass is 15.3. The number of para-hydroxylation sites is 1. The molecule has 4 aromatic rings. The van der Waals surface area contributed by atoms with Crippen LogP contribution in [0.4, 0.5) is 11.8 Å². The lowest BCUT2D eigenvalue weighted by atomic mass is 9.90. The van der Waals surface area contributed by atoms with Crippen LogP contribution < -0.4 is 10.2 Å². The molecule has 2 heterocycles. The minimum atomic E-state index is 0.166. The second kappa shape index (κ2) is 9.39. The van der Waals surface area contributed by atoms with Gasteiger partial charge in [0.25, 0.3) is 0 Å². The molecule has 1 N–H and O–H groups in total. The summed E-state index contributed by atoms with van der Waals surface area (Å²) in [5, 5.41) is 4.71. The summed E-state index contributed by atoms with van der Waals surface area (Å²) >= 11 is 0. The average molecular weight is 423 g/mol. The lowest BCUT2D eigenvalue weighted by Gasteiger charge is -2.32. The maximum Gasteiger partial charge on any atom is 0.227 e. The van der Waals surface area contributed by atoms with Gasteiger partial charge < -0.3 is 10.2 Å². The molecular formula is C28H30N4. The predicted molar refractivity (Wildman–Crippen MR) is 133 cm³/mol. The lowest BCUT2D eigenvalue weighted by molar-refractivity contribution is 0.401. The van der Waals surface area contributed by atoms with E-state index in [4.69, 9.17) is 9.97 Å². The van der Waals surface area contributed by atoms with E-state index >= 15 is 0 Å². The zero-order valence-electron chi connectivity index (χ0n) is 18.6. The van der Waals surface area contributed by atoms with Crippen molar-refractivity contribution in [3.63, 3.8) is 0 Å². The van der Waals surface area contributed by atoms with Gasteiger partial charge in [-0.2, -0.15) is 4.98 Å². The van der Waals surface area contributed by atoms with Crippen LogP contribution in [0.2, 0.25) is 0 Å². The maximum atomic E-state index is 5.00. The smallest absolute Gasteiger partial charge is 0.227 e. The molecule has 1 aliphatic rings. The van der Waals surface area contributed by atoms with E-state index in [9.17, 15) is 0 Å². The molecule has 3 aromatic carbocycles. The zero-order valence-corrected chi connectivity index (χ0v) is 18.6. The van der Waals surface area contributed by atoms with Gasteiger partial charge >= 0.3 is 0 Å². The summed E-state index contributed by atoms with van der Waals surface area (Å²) in [6.07, 6.45) is 3.51. The van der Waals surface area contributed by atoms with Crippen LogP contribution in [0.15, 0.2) is 84.9 Å². The van der Waals surface area contributed by atoms with Gasteiger partial charge in [-0.1, -0.05) is 72.8 Å². The molecule has 0 saturated carbocycles. The number of piperidine rings is 1. The molecule has 0 aliphatic carbocycles. The van der Waals surface area contributed by atoms with Crippen molar-refractivity contribution in [2.24, 2.45) is 5.92 Å². The molecule has 1 fully saturated rings. The Hall–Kier alpha value is -3.40. The molecule has 0 spiro atoms. The number of aromatic nitrogens is 2. The van der Waals surface area contributed by atoms with E-state index in [1.807, 2.05) is 0 Å². The Morgan fingerprint density at radius 2 is 1.50 bits per heavy atom. The van der Waals surface area contributed by atoms with Gasteiger partial charge in [-0.15, -0.1) is 0 Å². The van der Waals surface area contributed by atoms with Gasteiger partial charge in [-0.05, 0) is 55.4 Å². The fourth-order valence-electron chi connectivity index (χ4n) is 4.63. The minimum Gasteiger partial charge on any atom is -0.363 e. The van der Waals surface area contributed by atoms with E-state index in [-0.39, 0.29) is 6.04 Å². The van der Waals surface area contributed by atoms with E-state index < -0.39 is 0 Å². The van der Waals surface area contributed by atoms with Crippen molar-refractivity contribution < 1.29 is 0 Å². The Kier molecular flexibility index (Phi) is 6.02. The van der Waals surface area contributed by atoms with Crippen molar-refractivity contribution in [2.75, 3.05) is 23.3 Å². The summed E-state index contributed by atoms with van der Waals surface area (Å²) in [7, 11) is 0. The highest BCUT2D eigenvalue weighted by Gasteiger charge is 2.22. The third-order valence-electron chi connectivity index (χ3n) is 6.51. The van der Waals surface area contributed by atoms with Crippen LogP contribution in [0, 0.1) is 5.92 Å². The van der Waals surface area contributed by atoms with Crippen LogP contribution in [0.25, 0.3) is 10.9 Å². The van der Waals surface area contributed by atoms with E-state index in [1.165, 1.54) is 24.0 Å². The molecule has 1 unspecified atom stereocenters. The molecule has 1 aromatic heterocycles. The van der Waals surface area contributed by atoms with Gasteiger partial charge in [0.2, 0.25) is 5.95 Å². The third kappa shape index (κ3) is 4.59. The summed E-state index contributed by atoms with van der Waals surface area (Å²) in [6.45, 7) is 4.19. The summed E-state index contributed by atoms with van der Waals surface area (Å²) in [4.78, 5) is 12.3. The van der Waals surface area contributed by atoms with E-state index in [0.29, 0.717) is 0 Å². The Morgan fingerprint density at radius 1 is 0.844 bits per heavy atom. The van der Waals surface area contributed by atoms with Crippen molar-refractivity contribution in [1.29, 1.82) is 0 Å². The highest BCUT2D eigenvalue weighted by Crippen LogP contribution is 2.29. The van der Waals surface area contributed by atoms with Crippen molar-refractivity contribution in [2.45, 2.75) is 32.2 Å². The fraction of sp³-hybridized carbons (Fsp3) is 0.286. The van der Waals surface area contributed by atoms with Crippen LogP contribution >= 0.6 is 0 Å².